The Morgan fingerprint density at radius 3 is 2.27 bits per heavy atom. The van der Waals surface area contributed by atoms with Crippen molar-refractivity contribution < 1.29 is 4.87 Å². The first-order valence-corrected chi connectivity index (χ1v) is 3.42. The maximum absolute atomic E-state index is 10.5. The van der Waals surface area contributed by atoms with E-state index in [-0.39, 0.29) is 0 Å². The van der Waals surface area contributed by atoms with E-state index in [0.717, 1.165) is 5.69 Å². The number of nitrogens with one attached hydrogen (secondary N) is 1. The summed E-state index contributed by atoms with van der Waals surface area (Å²) in [6.07, 6.45) is 0. The van der Waals surface area contributed by atoms with Crippen molar-refractivity contribution in [1.29, 1.82) is 0 Å². The maximum Gasteiger partial charge on any atom is 0.216 e. The highest BCUT2D eigenvalue weighted by Crippen LogP contribution is 2.07. The first-order valence-electron chi connectivity index (χ1n) is 3.42. The molecule has 0 aliphatic carbocycles. The molecular weight excluding hydrogens is 140 g/mol. The summed E-state index contributed by atoms with van der Waals surface area (Å²) in [5.74, 6) is 0. The van der Waals surface area contributed by atoms with Gasteiger partial charge in [-0.2, -0.15) is 0 Å². The highest BCUT2D eigenvalue weighted by Gasteiger charge is 1.97. The lowest BCUT2D eigenvalue weighted by Crippen LogP contribution is -2.09. The standard InChI is InChI=1S/C8H11N2O/c1-7-3-5-8(6-4-7)9-10(2)11/h3-6H,1-2H3,(H,9,11)/q+1. The van der Waals surface area contributed by atoms with Crippen LogP contribution in [0, 0.1) is 11.8 Å². The second-order valence-electron chi connectivity index (χ2n) is 2.48. The number of nitrogens with zero attached hydrogens (tertiary/aromatic N) is 1. The number of hydrogen-bond donors (Lipinski definition) is 1. The molecule has 1 aromatic rings. The normalized spacial score (nSPS) is 9.27. The van der Waals surface area contributed by atoms with Gasteiger partial charge in [0.25, 0.3) is 0 Å². The van der Waals surface area contributed by atoms with E-state index in [0.29, 0.717) is 4.87 Å². The molecule has 1 N–H and O–H groups in total. The fourth-order valence-corrected chi connectivity index (χ4v) is 0.810. The van der Waals surface area contributed by atoms with Gasteiger partial charge < -0.3 is 0 Å². The molecule has 0 aliphatic heterocycles. The fraction of sp³-hybridized carbons (Fsp3) is 0.250. The highest BCUT2D eigenvalue weighted by molar-refractivity contribution is 5.41. The molecule has 0 bridgehead atoms. The Bertz CT molecular complexity index is 253. The minimum absolute atomic E-state index is 0.671. The van der Waals surface area contributed by atoms with E-state index in [1.165, 1.54) is 12.6 Å². The average Bonchev–Trinajstić information content (AvgIpc) is 1.93. The van der Waals surface area contributed by atoms with Crippen LogP contribution in [0.2, 0.25) is 0 Å². The average molecular weight is 151 g/mol. The zero-order valence-corrected chi connectivity index (χ0v) is 6.66. The predicted octanol–water partition coefficient (Wildman–Crippen LogP) is 1.73. The van der Waals surface area contributed by atoms with Crippen molar-refractivity contribution in [2.24, 2.45) is 0 Å². The second kappa shape index (κ2) is 3.14. The van der Waals surface area contributed by atoms with E-state index in [9.17, 15) is 4.91 Å². The Morgan fingerprint density at radius 1 is 1.27 bits per heavy atom. The molecule has 0 saturated heterocycles. The molecule has 0 saturated carbocycles. The fourth-order valence-electron chi connectivity index (χ4n) is 0.810. The number of anilines is 1. The van der Waals surface area contributed by atoms with Crippen molar-refractivity contribution in [3.05, 3.63) is 34.7 Å². The molecule has 3 heteroatoms. The number of nitroso groups, excluding NO2 is 1. The lowest BCUT2D eigenvalue weighted by atomic mass is 10.2. The molecule has 0 unspecified atom stereocenters. The summed E-state index contributed by atoms with van der Waals surface area (Å²) < 4.78 is 0. The number of aryl methyl sites for hydroxylation is 1. The van der Waals surface area contributed by atoms with Crippen LogP contribution < -0.4 is 5.43 Å². The van der Waals surface area contributed by atoms with Crippen LogP contribution in [0.25, 0.3) is 0 Å². The predicted molar refractivity (Wildman–Crippen MR) is 44.4 cm³/mol. The Kier molecular flexibility index (Phi) is 2.21. The Hall–Kier alpha value is -1.38. The van der Waals surface area contributed by atoms with Crippen LogP contribution in [-0.4, -0.2) is 11.9 Å². The third-order valence-corrected chi connectivity index (χ3v) is 1.34. The van der Waals surface area contributed by atoms with Crippen LogP contribution in [0.1, 0.15) is 5.56 Å². The van der Waals surface area contributed by atoms with E-state index in [2.05, 4.69) is 5.43 Å². The molecule has 0 radical (unpaired) electrons. The van der Waals surface area contributed by atoms with Gasteiger partial charge in [0.15, 0.2) is 0 Å². The van der Waals surface area contributed by atoms with Crippen LogP contribution in [0.15, 0.2) is 24.3 Å². The zero-order valence-electron chi connectivity index (χ0n) is 6.66. The maximum atomic E-state index is 10.5. The lowest BCUT2D eigenvalue weighted by Gasteiger charge is -1.94. The van der Waals surface area contributed by atoms with Crippen molar-refractivity contribution in [3.8, 4) is 0 Å². The van der Waals surface area contributed by atoms with Crippen molar-refractivity contribution >= 4 is 5.69 Å². The highest BCUT2D eigenvalue weighted by atomic mass is 16.3. The van der Waals surface area contributed by atoms with Gasteiger partial charge in [0.05, 0.1) is 4.91 Å². The van der Waals surface area contributed by atoms with Crippen LogP contribution in [0.5, 0.6) is 0 Å². The van der Waals surface area contributed by atoms with Gasteiger partial charge in [0.1, 0.15) is 10.6 Å². The molecule has 1 rings (SSSR count). The van der Waals surface area contributed by atoms with E-state index >= 15 is 0 Å². The summed E-state index contributed by atoms with van der Waals surface area (Å²) in [5, 5.41) is 0. The Labute approximate surface area is 65.6 Å². The molecule has 0 fully saturated rings. The second-order valence-corrected chi connectivity index (χ2v) is 2.48. The molecule has 0 heterocycles. The number of rotatable bonds is 2. The van der Waals surface area contributed by atoms with Gasteiger partial charge in [-0.05, 0) is 19.1 Å². The molecule has 0 aliphatic rings. The summed E-state index contributed by atoms with van der Waals surface area (Å²) in [6.45, 7) is 2.00. The third-order valence-electron chi connectivity index (χ3n) is 1.34. The molecule has 0 atom stereocenters. The minimum atomic E-state index is 0.671. The smallest absolute Gasteiger partial charge is 0.121 e. The molecular formula is C8H11N2O+. The van der Waals surface area contributed by atoms with Gasteiger partial charge in [-0.25, -0.2) is 0 Å². The van der Waals surface area contributed by atoms with Crippen LogP contribution >= 0.6 is 0 Å². The topological polar surface area (TPSA) is 32.1 Å². The van der Waals surface area contributed by atoms with Gasteiger partial charge in [-0.1, -0.05) is 17.7 Å². The monoisotopic (exact) mass is 151 g/mol. The quantitative estimate of drug-likeness (QED) is 0.515. The van der Waals surface area contributed by atoms with Gasteiger partial charge in [-0.3, -0.25) is 0 Å². The summed E-state index contributed by atoms with van der Waals surface area (Å²) in [5.41, 5.74) is 4.61. The van der Waals surface area contributed by atoms with Crippen LogP contribution in [0.4, 0.5) is 5.69 Å². The number of hydrazine groups is 1. The zero-order chi connectivity index (χ0) is 8.27. The number of hydrogen-bond acceptors (Lipinski definition) is 1. The summed E-state index contributed by atoms with van der Waals surface area (Å²) >= 11 is 0. The Morgan fingerprint density at radius 2 is 1.82 bits per heavy atom. The van der Waals surface area contributed by atoms with E-state index in [1.54, 1.807) is 0 Å². The summed E-state index contributed by atoms with van der Waals surface area (Å²) in [4.78, 5) is 11.2. The lowest BCUT2D eigenvalue weighted by molar-refractivity contribution is -0.486. The first kappa shape index (κ1) is 7.72. The van der Waals surface area contributed by atoms with Crippen molar-refractivity contribution in [3.63, 3.8) is 0 Å². The largest absolute Gasteiger partial charge is 0.216 e. The van der Waals surface area contributed by atoms with Crippen molar-refractivity contribution in [2.75, 3.05) is 12.5 Å². The van der Waals surface area contributed by atoms with Crippen molar-refractivity contribution in [1.82, 2.24) is 0 Å². The molecule has 0 amide bonds. The molecule has 0 spiro atoms. The summed E-state index contributed by atoms with van der Waals surface area (Å²) in [7, 11) is 1.42. The first-order chi connectivity index (χ1) is 5.18. The SMILES string of the molecule is Cc1ccc(N[N+](C)=O)cc1. The number of benzene rings is 1. The third kappa shape index (κ3) is 2.37. The van der Waals surface area contributed by atoms with Gasteiger partial charge in [0, 0.05) is 0 Å². The minimum Gasteiger partial charge on any atom is -0.121 e. The Balaban J connectivity index is 2.74. The van der Waals surface area contributed by atoms with E-state index in [4.69, 9.17) is 0 Å². The van der Waals surface area contributed by atoms with Gasteiger partial charge in [-0.15, -0.1) is 5.43 Å². The molecule has 1 aromatic carbocycles. The molecule has 3 nitrogen and oxygen atoms in total. The molecule has 0 aromatic heterocycles. The van der Waals surface area contributed by atoms with Gasteiger partial charge >= 0.3 is 0 Å². The van der Waals surface area contributed by atoms with Gasteiger partial charge in [0.2, 0.25) is 7.05 Å². The molecule has 11 heavy (non-hydrogen) atoms. The van der Waals surface area contributed by atoms with Crippen molar-refractivity contribution in [2.45, 2.75) is 6.92 Å². The molecule has 58 valence electrons. The van der Waals surface area contributed by atoms with E-state index in [1.807, 2.05) is 31.2 Å². The summed E-state index contributed by atoms with van der Waals surface area (Å²) in [6, 6.07) is 7.63. The van der Waals surface area contributed by atoms with Crippen LogP contribution in [0.3, 0.4) is 0 Å². The van der Waals surface area contributed by atoms with Crippen LogP contribution in [-0.2, 0) is 0 Å². The van der Waals surface area contributed by atoms with E-state index < -0.39 is 0 Å².